The molecule has 1 aliphatic heterocycles. The molecule has 0 spiro atoms. The molecule has 0 atom stereocenters. The van der Waals surface area contributed by atoms with Gasteiger partial charge in [0.1, 0.15) is 13.2 Å². The van der Waals surface area contributed by atoms with Gasteiger partial charge in [0, 0.05) is 18.4 Å². The summed E-state index contributed by atoms with van der Waals surface area (Å²) in [5.74, 6) is 1.22. The minimum absolute atomic E-state index is 0.0918. The second-order valence-electron chi connectivity index (χ2n) is 5.50. The topological polar surface area (TPSA) is 56.5 Å². The molecule has 130 valence electrons. The third kappa shape index (κ3) is 3.64. The Morgan fingerprint density at radius 3 is 2.62 bits per heavy atom. The van der Waals surface area contributed by atoms with Crippen molar-refractivity contribution < 1.29 is 27.8 Å². The number of benzene rings is 1. The van der Waals surface area contributed by atoms with Crippen LogP contribution in [0.1, 0.15) is 23.2 Å². The largest absolute Gasteiger partial charge is 0.486 e. The number of rotatable bonds is 5. The Hall–Kier alpha value is -2.22. The number of aliphatic hydroxyl groups is 1. The van der Waals surface area contributed by atoms with Crippen LogP contribution in [0.5, 0.6) is 11.5 Å². The first-order valence-corrected chi connectivity index (χ1v) is 7.60. The van der Waals surface area contributed by atoms with Crippen molar-refractivity contribution in [3.05, 3.63) is 41.2 Å². The van der Waals surface area contributed by atoms with Gasteiger partial charge >= 0.3 is 6.18 Å². The number of alkyl halides is 3. The summed E-state index contributed by atoms with van der Waals surface area (Å²) in [7, 11) is 0. The van der Waals surface area contributed by atoms with Crippen molar-refractivity contribution in [3.63, 3.8) is 0 Å². The van der Waals surface area contributed by atoms with Gasteiger partial charge in [-0.1, -0.05) is 6.07 Å². The van der Waals surface area contributed by atoms with Gasteiger partial charge in [0.05, 0.1) is 6.54 Å². The van der Waals surface area contributed by atoms with Crippen LogP contribution in [-0.4, -0.2) is 34.7 Å². The quantitative estimate of drug-likeness (QED) is 0.908. The van der Waals surface area contributed by atoms with Crippen molar-refractivity contribution in [2.24, 2.45) is 0 Å². The predicted molar refractivity (Wildman–Crippen MR) is 79.2 cm³/mol. The van der Waals surface area contributed by atoms with E-state index in [4.69, 9.17) is 14.6 Å². The van der Waals surface area contributed by atoms with Gasteiger partial charge < -0.3 is 14.6 Å². The number of ether oxygens (including phenoxy) is 2. The Morgan fingerprint density at radius 2 is 1.92 bits per heavy atom. The van der Waals surface area contributed by atoms with Crippen molar-refractivity contribution in [2.45, 2.75) is 25.6 Å². The van der Waals surface area contributed by atoms with Gasteiger partial charge in [-0.3, -0.25) is 4.68 Å². The van der Waals surface area contributed by atoms with E-state index >= 15 is 0 Å². The number of hydrogen-bond acceptors (Lipinski definition) is 4. The molecule has 0 aliphatic carbocycles. The number of aryl methyl sites for hydroxylation is 1. The normalized spacial score (nSPS) is 14.0. The van der Waals surface area contributed by atoms with Gasteiger partial charge in [-0.25, -0.2) is 0 Å². The maximum atomic E-state index is 13.1. The van der Waals surface area contributed by atoms with Crippen LogP contribution < -0.4 is 9.47 Å². The third-order valence-electron chi connectivity index (χ3n) is 3.66. The smallest absolute Gasteiger partial charge is 0.435 e. The molecule has 0 radical (unpaired) electrons. The fourth-order valence-electron chi connectivity index (χ4n) is 2.61. The molecule has 0 unspecified atom stereocenters. The average Bonchev–Trinajstić information content (AvgIpc) is 2.96. The molecule has 8 heteroatoms. The van der Waals surface area contributed by atoms with Gasteiger partial charge in [0.15, 0.2) is 17.2 Å². The summed E-state index contributed by atoms with van der Waals surface area (Å²) in [6.45, 7) is 0.958. The Morgan fingerprint density at radius 1 is 1.17 bits per heavy atom. The van der Waals surface area contributed by atoms with E-state index in [1.54, 1.807) is 18.2 Å². The predicted octanol–water partition coefficient (Wildman–Crippen LogP) is 2.65. The lowest BCUT2D eigenvalue weighted by molar-refractivity contribution is -0.142. The van der Waals surface area contributed by atoms with Gasteiger partial charge in [-0.15, -0.1) is 0 Å². The Balaban J connectivity index is 1.83. The number of fused-ring (bicyclic) bond motifs is 1. The fraction of sp³-hybridized carbons (Fsp3) is 0.438. The standard InChI is InChI=1S/C16H17F3N2O3/c17-16(18,19)15-12(2-1-5-22)10-21(20-15)9-11-3-4-13-14(8-11)24-7-6-23-13/h3-4,8,10,22H,1-2,5-7,9H2. The Kier molecular flexibility index (Phi) is 4.66. The number of nitrogens with zero attached hydrogens (tertiary/aromatic N) is 2. The molecule has 24 heavy (non-hydrogen) atoms. The van der Waals surface area contributed by atoms with Crippen LogP contribution in [0.25, 0.3) is 0 Å². The van der Waals surface area contributed by atoms with Crippen LogP contribution in [-0.2, 0) is 19.1 Å². The van der Waals surface area contributed by atoms with Crippen molar-refractivity contribution in [1.29, 1.82) is 0 Å². The first-order chi connectivity index (χ1) is 11.5. The monoisotopic (exact) mass is 342 g/mol. The number of halogens is 3. The summed E-state index contributed by atoms with van der Waals surface area (Å²) in [5, 5.41) is 12.5. The van der Waals surface area contributed by atoms with Gasteiger partial charge in [-0.2, -0.15) is 18.3 Å². The molecule has 5 nitrogen and oxygen atoms in total. The fourth-order valence-corrected chi connectivity index (χ4v) is 2.61. The maximum absolute atomic E-state index is 13.1. The highest BCUT2D eigenvalue weighted by Crippen LogP contribution is 2.33. The molecule has 2 heterocycles. The van der Waals surface area contributed by atoms with E-state index in [2.05, 4.69) is 5.10 Å². The first-order valence-electron chi connectivity index (χ1n) is 7.60. The second-order valence-corrected chi connectivity index (χ2v) is 5.50. The molecule has 0 amide bonds. The number of aromatic nitrogens is 2. The third-order valence-corrected chi connectivity index (χ3v) is 3.66. The zero-order valence-electron chi connectivity index (χ0n) is 12.8. The molecule has 1 N–H and O–H groups in total. The molecule has 0 saturated heterocycles. The van der Waals surface area contributed by atoms with E-state index in [9.17, 15) is 13.2 Å². The average molecular weight is 342 g/mol. The molecular formula is C16H17F3N2O3. The minimum Gasteiger partial charge on any atom is -0.486 e. The van der Waals surface area contributed by atoms with Crippen LogP contribution >= 0.6 is 0 Å². The van der Waals surface area contributed by atoms with Crippen LogP contribution in [0.4, 0.5) is 13.2 Å². The van der Waals surface area contributed by atoms with E-state index in [1.807, 2.05) is 0 Å². The summed E-state index contributed by atoms with van der Waals surface area (Å²) >= 11 is 0. The van der Waals surface area contributed by atoms with Gasteiger partial charge in [0.2, 0.25) is 0 Å². The summed E-state index contributed by atoms with van der Waals surface area (Å²) in [6, 6.07) is 5.26. The molecule has 3 rings (SSSR count). The van der Waals surface area contributed by atoms with Crippen molar-refractivity contribution >= 4 is 0 Å². The molecule has 0 bridgehead atoms. The van der Waals surface area contributed by atoms with Crippen molar-refractivity contribution in [1.82, 2.24) is 9.78 Å². The number of hydrogen-bond donors (Lipinski definition) is 1. The molecule has 1 aromatic carbocycles. The zero-order valence-corrected chi connectivity index (χ0v) is 12.8. The van der Waals surface area contributed by atoms with Crippen molar-refractivity contribution in [3.8, 4) is 11.5 Å². The summed E-state index contributed by atoms with van der Waals surface area (Å²) in [6.07, 6.45) is -2.73. The molecule has 0 saturated carbocycles. The van der Waals surface area contributed by atoms with E-state index in [0.717, 1.165) is 5.56 Å². The SMILES string of the molecule is OCCCc1cn(Cc2ccc3c(c2)OCCO3)nc1C(F)(F)F. The van der Waals surface area contributed by atoms with E-state index in [1.165, 1.54) is 10.9 Å². The van der Waals surface area contributed by atoms with Crippen molar-refractivity contribution in [2.75, 3.05) is 19.8 Å². The van der Waals surface area contributed by atoms with E-state index in [0.29, 0.717) is 24.7 Å². The minimum atomic E-state index is -4.51. The molecule has 0 fully saturated rings. The lowest BCUT2D eigenvalue weighted by atomic mass is 10.1. The van der Waals surface area contributed by atoms with Crippen LogP contribution in [0.2, 0.25) is 0 Å². The zero-order chi connectivity index (χ0) is 17.2. The van der Waals surface area contributed by atoms with Crippen LogP contribution in [0, 0.1) is 0 Å². The Bertz CT molecular complexity index is 713. The van der Waals surface area contributed by atoms with Crippen LogP contribution in [0.3, 0.4) is 0 Å². The Labute approximate surface area is 136 Å². The molecule has 1 aromatic heterocycles. The van der Waals surface area contributed by atoms with E-state index < -0.39 is 11.9 Å². The number of aliphatic hydroxyl groups excluding tert-OH is 1. The summed E-state index contributed by atoms with van der Waals surface area (Å²) in [4.78, 5) is 0. The van der Waals surface area contributed by atoms with Crippen LogP contribution in [0.15, 0.2) is 24.4 Å². The van der Waals surface area contributed by atoms with E-state index in [-0.39, 0.29) is 31.6 Å². The lowest BCUT2D eigenvalue weighted by Gasteiger charge is -2.18. The lowest BCUT2D eigenvalue weighted by Crippen LogP contribution is -2.15. The molecule has 2 aromatic rings. The van der Waals surface area contributed by atoms with Gasteiger partial charge in [0.25, 0.3) is 0 Å². The molecular weight excluding hydrogens is 325 g/mol. The van der Waals surface area contributed by atoms with Gasteiger partial charge in [-0.05, 0) is 30.5 Å². The summed E-state index contributed by atoms with van der Waals surface area (Å²) < 4.78 is 51.4. The maximum Gasteiger partial charge on any atom is 0.435 e. The summed E-state index contributed by atoms with van der Waals surface area (Å²) in [5.41, 5.74) is -0.0354. The highest BCUT2D eigenvalue weighted by Gasteiger charge is 2.36. The second kappa shape index (κ2) is 6.72. The highest BCUT2D eigenvalue weighted by molar-refractivity contribution is 5.43. The molecule has 1 aliphatic rings. The first kappa shape index (κ1) is 16.6. The highest BCUT2D eigenvalue weighted by atomic mass is 19.4.